The summed E-state index contributed by atoms with van der Waals surface area (Å²) < 4.78 is 31.7. The van der Waals surface area contributed by atoms with Gasteiger partial charge in [0.25, 0.3) is 5.92 Å². The van der Waals surface area contributed by atoms with Crippen LogP contribution in [-0.4, -0.2) is 48.1 Å². The van der Waals surface area contributed by atoms with Crippen LogP contribution in [0.4, 0.5) is 13.6 Å². The van der Waals surface area contributed by atoms with Crippen LogP contribution in [0.15, 0.2) is 5.38 Å². The summed E-state index contributed by atoms with van der Waals surface area (Å²) in [5, 5.41) is 5.58. The fourth-order valence-corrected chi connectivity index (χ4v) is 2.85. The van der Waals surface area contributed by atoms with E-state index in [1.54, 1.807) is 6.92 Å². The zero-order valence-corrected chi connectivity index (χ0v) is 12.9. The molecule has 1 atom stereocenters. The molecule has 1 aliphatic heterocycles. The van der Waals surface area contributed by atoms with Crippen LogP contribution in [-0.2, 0) is 11.2 Å². The number of carbonyl (C=O) groups is 1. The molecule has 2 rings (SSSR count). The minimum absolute atomic E-state index is 0.119. The van der Waals surface area contributed by atoms with Gasteiger partial charge in [-0.3, -0.25) is 0 Å². The van der Waals surface area contributed by atoms with Crippen LogP contribution in [0.25, 0.3) is 0 Å². The molecular weight excluding hydrogens is 300 g/mol. The van der Waals surface area contributed by atoms with Crippen molar-refractivity contribution < 1.29 is 18.3 Å². The predicted molar refractivity (Wildman–Crippen MR) is 75.8 cm³/mol. The largest absolute Gasteiger partial charge is 0.373 e. The van der Waals surface area contributed by atoms with Gasteiger partial charge in [-0.25, -0.2) is 18.6 Å². The van der Waals surface area contributed by atoms with E-state index in [4.69, 9.17) is 4.74 Å². The van der Waals surface area contributed by atoms with E-state index >= 15 is 0 Å². The van der Waals surface area contributed by atoms with Crippen molar-refractivity contribution in [2.75, 3.05) is 26.3 Å². The number of urea groups is 1. The second kappa shape index (κ2) is 6.65. The smallest absolute Gasteiger partial charge is 0.318 e. The Bertz CT molecular complexity index is 496. The molecule has 1 N–H and O–H groups in total. The molecule has 0 saturated carbocycles. The monoisotopic (exact) mass is 319 g/mol. The number of aromatic nitrogens is 1. The Labute approximate surface area is 126 Å². The van der Waals surface area contributed by atoms with Crippen molar-refractivity contribution in [2.45, 2.75) is 32.2 Å². The number of hydrogen-bond donors (Lipinski definition) is 1. The van der Waals surface area contributed by atoms with Gasteiger partial charge in [-0.1, -0.05) is 6.92 Å². The topological polar surface area (TPSA) is 54.5 Å². The third-order valence-electron chi connectivity index (χ3n) is 3.18. The zero-order valence-electron chi connectivity index (χ0n) is 12.1. The van der Waals surface area contributed by atoms with Crippen LogP contribution in [0, 0.1) is 0 Å². The Kier molecular flexibility index (Phi) is 5.10. The second-order valence-corrected chi connectivity index (χ2v) is 5.96. The molecule has 1 aliphatic rings. The van der Waals surface area contributed by atoms with Gasteiger partial charge in [-0.2, -0.15) is 0 Å². The molecule has 1 aromatic rings. The van der Waals surface area contributed by atoms with Gasteiger partial charge < -0.3 is 15.0 Å². The first kappa shape index (κ1) is 16.1. The molecule has 0 bridgehead atoms. The predicted octanol–water partition coefficient (Wildman–Crippen LogP) is 2.44. The molecule has 1 unspecified atom stereocenters. The molecule has 118 valence electrons. The number of alkyl halides is 2. The van der Waals surface area contributed by atoms with E-state index in [-0.39, 0.29) is 19.2 Å². The highest BCUT2D eigenvalue weighted by Gasteiger charge is 2.36. The molecule has 1 aromatic heterocycles. The number of rotatable bonds is 3. The number of nitrogens with one attached hydrogen (secondary N) is 1. The number of aryl methyl sites for hydroxylation is 1. The van der Waals surface area contributed by atoms with Crippen molar-refractivity contribution in [3.8, 4) is 0 Å². The average molecular weight is 319 g/mol. The van der Waals surface area contributed by atoms with Crippen molar-refractivity contribution >= 4 is 17.4 Å². The van der Waals surface area contributed by atoms with E-state index in [1.165, 1.54) is 11.3 Å². The highest BCUT2D eigenvalue weighted by Crippen LogP contribution is 2.20. The van der Waals surface area contributed by atoms with Crippen LogP contribution < -0.4 is 5.32 Å². The van der Waals surface area contributed by atoms with Crippen molar-refractivity contribution in [1.82, 2.24) is 15.2 Å². The number of carbonyl (C=O) groups excluding carboxylic acids is 1. The molecule has 1 fully saturated rings. The van der Waals surface area contributed by atoms with Gasteiger partial charge in [-0.05, 0) is 13.3 Å². The zero-order chi connectivity index (χ0) is 15.5. The minimum atomic E-state index is -3.01. The van der Waals surface area contributed by atoms with Gasteiger partial charge in [0.2, 0.25) is 0 Å². The maximum atomic E-state index is 13.4. The lowest BCUT2D eigenvalue weighted by atomic mass is 10.2. The number of hydrogen-bond acceptors (Lipinski definition) is 4. The first-order chi connectivity index (χ1) is 9.91. The Hall–Kier alpha value is -1.28. The normalized spacial score (nSPS) is 19.9. The Morgan fingerprint density at radius 2 is 2.43 bits per heavy atom. The summed E-state index contributed by atoms with van der Waals surface area (Å²) in [6, 6.07) is -0.828. The number of ether oxygens (including phenoxy) is 1. The van der Waals surface area contributed by atoms with Gasteiger partial charge in [0.1, 0.15) is 6.61 Å². The second-order valence-electron chi connectivity index (χ2n) is 5.02. The summed E-state index contributed by atoms with van der Waals surface area (Å²) in [5.41, 5.74) is 0.753. The Morgan fingerprint density at radius 3 is 3.10 bits per heavy atom. The molecule has 1 saturated heterocycles. The molecule has 0 spiro atoms. The maximum Gasteiger partial charge on any atom is 0.318 e. The Morgan fingerprint density at radius 1 is 1.67 bits per heavy atom. The van der Waals surface area contributed by atoms with Crippen LogP contribution >= 0.6 is 11.3 Å². The van der Waals surface area contributed by atoms with Gasteiger partial charge >= 0.3 is 6.03 Å². The molecule has 2 amide bonds. The lowest BCUT2D eigenvalue weighted by molar-refractivity contribution is -0.0652. The quantitative estimate of drug-likeness (QED) is 0.931. The molecule has 0 aliphatic carbocycles. The number of nitrogens with zero attached hydrogens (tertiary/aromatic N) is 2. The standard InChI is InChI=1S/C13H19F2N3O2S/c1-3-11-17-10(6-21-11)9(2)16-12(19)18-4-5-20-8-13(14,15)7-18/h6,9H,3-5,7-8H2,1-2H3,(H,16,19). The fraction of sp³-hybridized carbons (Fsp3) is 0.692. The van der Waals surface area contributed by atoms with Gasteiger partial charge in [-0.15, -0.1) is 11.3 Å². The van der Waals surface area contributed by atoms with E-state index in [0.717, 1.165) is 22.0 Å². The molecule has 8 heteroatoms. The van der Waals surface area contributed by atoms with Gasteiger partial charge in [0.15, 0.2) is 0 Å². The first-order valence-corrected chi connectivity index (χ1v) is 7.74. The van der Waals surface area contributed by atoms with Crippen molar-refractivity contribution in [3.05, 3.63) is 16.1 Å². The van der Waals surface area contributed by atoms with Gasteiger partial charge in [0, 0.05) is 11.9 Å². The van der Waals surface area contributed by atoms with E-state index in [9.17, 15) is 13.6 Å². The lowest BCUT2D eigenvalue weighted by Gasteiger charge is -2.25. The van der Waals surface area contributed by atoms with Crippen molar-refractivity contribution in [1.29, 1.82) is 0 Å². The van der Waals surface area contributed by atoms with Crippen LogP contribution in [0.1, 0.15) is 30.6 Å². The van der Waals surface area contributed by atoms with E-state index in [0.29, 0.717) is 0 Å². The molecule has 2 heterocycles. The summed E-state index contributed by atoms with van der Waals surface area (Å²) in [7, 11) is 0. The minimum Gasteiger partial charge on any atom is -0.373 e. The summed E-state index contributed by atoms with van der Waals surface area (Å²) in [6.45, 7) is 2.81. The summed E-state index contributed by atoms with van der Waals surface area (Å²) >= 11 is 1.53. The third-order valence-corrected chi connectivity index (χ3v) is 4.20. The number of thiazole rings is 1. The van der Waals surface area contributed by atoms with Crippen LogP contribution in [0.5, 0.6) is 0 Å². The molecule has 0 radical (unpaired) electrons. The first-order valence-electron chi connectivity index (χ1n) is 6.86. The highest BCUT2D eigenvalue weighted by atomic mass is 32.1. The summed E-state index contributed by atoms with van der Waals surface area (Å²) in [6.07, 6.45) is 0.834. The number of halogens is 2. The van der Waals surface area contributed by atoms with Crippen LogP contribution in [0.2, 0.25) is 0 Å². The fourth-order valence-electron chi connectivity index (χ4n) is 2.01. The average Bonchev–Trinajstić information content (AvgIpc) is 2.83. The number of amides is 2. The van der Waals surface area contributed by atoms with E-state index < -0.39 is 25.1 Å². The van der Waals surface area contributed by atoms with Crippen LogP contribution in [0.3, 0.4) is 0 Å². The van der Waals surface area contributed by atoms with Crippen molar-refractivity contribution in [2.24, 2.45) is 0 Å². The van der Waals surface area contributed by atoms with E-state index in [1.807, 2.05) is 12.3 Å². The molecule has 5 nitrogen and oxygen atoms in total. The van der Waals surface area contributed by atoms with Gasteiger partial charge in [0.05, 0.1) is 29.9 Å². The maximum absolute atomic E-state index is 13.4. The Balaban J connectivity index is 1.96. The summed E-state index contributed by atoms with van der Waals surface area (Å²) in [4.78, 5) is 17.6. The van der Waals surface area contributed by atoms with E-state index in [2.05, 4.69) is 10.3 Å². The summed E-state index contributed by atoms with van der Waals surface area (Å²) in [5.74, 6) is -3.01. The lowest BCUT2D eigenvalue weighted by Crippen LogP contribution is -2.46. The van der Waals surface area contributed by atoms with Crippen molar-refractivity contribution in [3.63, 3.8) is 0 Å². The molecule has 0 aromatic carbocycles. The highest BCUT2D eigenvalue weighted by molar-refractivity contribution is 7.09. The molecule has 21 heavy (non-hydrogen) atoms. The third kappa shape index (κ3) is 4.34. The SMILES string of the molecule is CCc1nc(C(C)NC(=O)N2CCOCC(F)(F)C2)cs1. The molecular formula is C13H19F2N3O2S.